The number of hydrogen-bond donors (Lipinski definition) is 1. The van der Waals surface area contributed by atoms with Crippen LogP contribution in [-0.2, 0) is 4.79 Å². The SMILES string of the molecule is CCCCCCCCCCCC(=O)O.CCC[CH2][Sn]([CH3])([CH3])[CH2]CCC. The van der Waals surface area contributed by atoms with E-state index in [-0.39, 0.29) is 0 Å². The molecule has 0 heterocycles. The van der Waals surface area contributed by atoms with Gasteiger partial charge in [0.1, 0.15) is 0 Å². The van der Waals surface area contributed by atoms with Crippen LogP contribution in [0.25, 0.3) is 0 Å². The summed E-state index contributed by atoms with van der Waals surface area (Å²) in [6.45, 7) is 6.84. The topological polar surface area (TPSA) is 37.3 Å². The van der Waals surface area contributed by atoms with Crippen LogP contribution in [-0.4, -0.2) is 29.5 Å². The first-order valence-electron chi connectivity index (χ1n) is 11.1. The van der Waals surface area contributed by atoms with E-state index in [0.29, 0.717) is 6.42 Å². The molecule has 0 amide bonds. The summed E-state index contributed by atoms with van der Waals surface area (Å²) in [5.41, 5.74) is 0. The average molecular weight is 463 g/mol. The fraction of sp³-hybridized carbons (Fsp3) is 0.955. The minimum absolute atomic E-state index is 0.343. The molecule has 0 saturated carbocycles. The molecule has 0 spiro atoms. The van der Waals surface area contributed by atoms with E-state index in [4.69, 9.17) is 5.11 Å². The van der Waals surface area contributed by atoms with E-state index in [2.05, 4.69) is 30.7 Å². The first-order chi connectivity index (χ1) is 11.9. The van der Waals surface area contributed by atoms with E-state index in [1.807, 2.05) is 0 Å². The van der Waals surface area contributed by atoms with Crippen molar-refractivity contribution in [2.45, 2.75) is 129 Å². The van der Waals surface area contributed by atoms with Crippen LogP contribution in [0, 0.1) is 0 Å². The van der Waals surface area contributed by atoms with Gasteiger partial charge in [-0.1, -0.05) is 58.3 Å². The van der Waals surface area contributed by atoms with Crippen molar-refractivity contribution in [3.8, 4) is 0 Å². The average Bonchev–Trinajstić information content (AvgIpc) is 2.57. The third-order valence-corrected chi connectivity index (χ3v) is 14.7. The van der Waals surface area contributed by atoms with Gasteiger partial charge in [-0.3, -0.25) is 4.79 Å². The third kappa shape index (κ3) is 26.6. The van der Waals surface area contributed by atoms with Crippen molar-refractivity contribution in [3.05, 3.63) is 0 Å². The predicted octanol–water partition coefficient (Wildman–Crippen LogP) is 8.29. The molecule has 0 radical (unpaired) electrons. The molecule has 0 rings (SSSR count). The van der Waals surface area contributed by atoms with Crippen molar-refractivity contribution in [2.75, 3.05) is 0 Å². The van der Waals surface area contributed by atoms with Crippen molar-refractivity contribution in [1.29, 1.82) is 0 Å². The maximum atomic E-state index is 10.2. The number of rotatable bonds is 16. The van der Waals surface area contributed by atoms with Crippen molar-refractivity contribution >= 4 is 24.3 Å². The van der Waals surface area contributed by atoms with Crippen LogP contribution in [0.1, 0.15) is 111 Å². The molecule has 0 aliphatic heterocycles. The van der Waals surface area contributed by atoms with Gasteiger partial charge in [0.15, 0.2) is 0 Å². The molecule has 152 valence electrons. The number of carboxylic acids is 1. The van der Waals surface area contributed by atoms with Gasteiger partial charge in [0.25, 0.3) is 0 Å². The van der Waals surface area contributed by atoms with Gasteiger partial charge in [0, 0.05) is 6.42 Å². The Labute approximate surface area is 163 Å². The molecular formula is C22H48O2Sn. The molecule has 0 aliphatic carbocycles. The Morgan fingerprint density at radius 3 is 1.36 bits per heavy atom. The zero-order chi connectivity index (χ0) is 19.4. The molecule has 0 aromatic carbocycles. The summed E-state index contributed by atoms with van der Waals surface area (Å²) >= 11 is -1.44. The van der Waals surface area contributed by atoms with Gasteiger partial charge < -0.3 is 5.11 Å². The summed E-state index contributed by atoms with van der Waals surface area (Å²) in [6, 6.07) is 0. The Morgan fingerprint density at radius 2 is 1.00 bits per heavy atom. The molecular weight excluding hydrogens is 415 g/mol. The monoisotopic (exact) mass is 464 g/mol. The van der Waals surface area contributed by atoms with Gasteiger partial charge in [0.05, 0.1) is 0 Å². The van der Waals surface area contributed by atoms with Crippen molar-refractivity contribution in [2.24, 2.45) is 0 Å². The Morgan fingerprint density at radius 1 is 0.640 bits per heavy atom. The third-order valence-electron chi connectivity index (χ3n) is 4.91. The molecule has 0 fully saturated rings. The van der Waals surface area contributed by atoms with Crippen LogP contribution in [0.2, 0.25) is 18.8 Å². The van der Waals surface area contributed by atoms with Gasteiger partial charge in [0.2, 0.25) is 0 Å². The van der Waals surface area contributed by atoms with Crippen LogP contribution in [0.3, 0.4) is 0 Å². The standard InChI is InChI=1S/C12H24O2.2C4H9.2CH3.Sn/c1-2-3-4-5-6-7-8-9-10-11-12(13)14;2*1-3-4-2;;;/h2-11H2,1H3,(H,13,14);2*1,3-4H2,2H3;2*1H3;. The second-order valence-electron chi connectivity index (χ2n) is 8.34. The summed E-state index contributed by atoms with van der Waals surface area (Å²) in [5, 5.41) is 8.41. The quantitative estimate of drug-likeness (QED) is 0.185. The van der Waals surface area contributed by atoms with Crippen molar-refractivity contribution in [3.63, 3.8) is 0 Å². The van der Waals surface area contributed by atoms with Crippen molar-refractivity contribution < 1.29 is 9.90 Å². The van der Waals surface area contributed by atoms with E-state index in [9.17, 15) is 4.79 Å². The second-order valence-corrected chi connectivity index (χ2v) is 23.6. The van der Waals surface area contributed by atoms with Gasteiger partial charge in [-0.05, 0) is 6.42 Å². The number of hydrogen-bond acceptors (Lipinski definition) is 1. The summed E-state index contributed by atoms with van der Waals surface area (Å²) in [6.07, 6.45) is 17.3. The van der Waals surface area contributed by atoms with E-state index in [1.54, 1.807) is 8.87 Å². The van der Waals surface area contributed by atoms with Gasteiger partial charge in [-0.15, -0.1) is 0 Å². The van der Waals surface area contributed by atoms with Crippen LogP contribution >= 0.6 is 0 Å². The van der Waals surface area contributed by atoms with Gasteiger partial charge >= 0.3 is 82.6 Å². The molecule has 3 heteroatoms. The van der Waals surface area contributed by atoms with Gasteiger partial charge in [-0.2, -0.15) is 0 Å². The fourth-order valence-corrected chi connectivity index (χ4v) is 11.2. The van der Waals surface area contributed by atoms with Crippen LogP contribution in [0.4, 0.5) is 0 Å². The summed E-state index contributed by atoms with van der Waals surface area (Å²) < 4.78 is 3.23. The zero-order valence-electron chi connectivity index (χ0n) is 18.2. The molecule has 0 aliphatic rings. The normalized spacial score (nSPS) is 11.1. The van der Waals surface area contributed by atoms with E-state index < -0.39 is 24.3 Å². The number of carboxylic acid groups (broad SMARTS) is 1. The first-order valence-corrected chi connectivity index (χ1v) is 20.9. The zero-order valence-corrected chi connectivity index (χ0v) is 21.0. The van der Waals surface area contributed by atoms with E-state index in [1.165, 1.54) is 70.6 Å². The molecule has 0 bridgehead atoms. The number of aliphatic carboxylic acids is 1. The Hall–Kier alpha value is 0.269. The molecule has 25 heavy (non-hydrogen) atoms. The van der Waals surface area contributed by atoms with Gasteiger partial charge in [-0.25, -0.2) is 0 Å². The Bertz CT molecular complexity index is 267. The van der Waals surface area contributed by atoms with Crippen molar-refractivity contribution in [1.82, 2.24) is 0 Å². The molecule has 0 unspecified atom stereocenters. The minimum atomic E-state index is -1.44. The van der Waals surface area contributed by atoms with E-state index in [0.717, 1.165) is 12.8 Å². The van der Waals surface area contributed by atoms with Crippen LogP contribution in [0.5, 0.6) is 0 Å². The molecule has 0 saturated heterocycles. The molecule has 2 nitrogen and oxygen atoms in total. The predicted molar refractivity (Wildman–Crippen MR) is 116 cm³/mol. The summed E-state index contributed by atoms with van der Waals surface area (Å²) in [5.74, 6) is -0.659. The summed E-state index contributed by atoms with van der Waals surface area (Å²) in [7, 11) is 0. The molecule has 0 aromatic heterocycles. The number of carbonyl (C=O) groups is 1. The van der Waals surface area contributed by atoms with Crippen LogP contribution in [0.15, 0.2) is 0 Å². The maximum absolute atomic E-state index is 10.2. The fourth-order valence-electron chi connectivity index (χ4n) is 3.02. The Kier molecular flexibility index (Phi) is 22.6. The first kappa shape index (κ1) is 27.5. The molecule has 1 N–H and O–H groups in total. The molecule has 0 atom stereocenters. The molecule has 0 aromatic rings. The van der Waals surface area contributed by atoms with Crippen LogP contribution < -0.4 is 0 Å². The van der Waals surface area contributed by atoms with E-state index >= 15 is 0 Å². The number of unbranched alkanes of at least 4 members (excludes halogenated alkanes) is 10. The Balaban J connectivity index is 0. The summed E-state index contributed by atoms with van der Waals surface area (Å²) in [4.78, 5) is 15.4. The second kappa shape index (κ2) is 20.6.